The van der Waals surface area contributed by atoms with Gasteiger partial charge in [-0.1, -0.05) is 12.1 Å². The summed E-state index contributed by atoms with van der Waals surface area (Å²) in [4.78, 5) is 10.6. The maximum absolute atomic E-state index is 13.0. The number of ether oxygens (including phenoxy) is 1. The van der Waals surface area contributed by atoms with E-state index in [-0.39, 0.29) is 17.7 Å². The first kappa shape index (κ1) is 17.2. The number of aliphatic carboxylic acids is 1. The van der Waals surface area contributed by atoms with Gasteiger partial charge in [0.1, 0.15) is 11.8 Å². The van der Waals surface area contributed by atoms with Crippen LogP contribution in [0.15, 0.2) is 28.4 Å². The highest BCUT2D eigenvalue weighted by Gasteiger charge is 2.65. The normalized spacial score (nSPS) is 16.9. The van der Waals surface area contributed by atoms with Crippen molar-refractivity contribution in [2.24, 2.45) is 16.0 Å². The highest BCUT2D eigenvalue weighted by atomic mass is 19.4. The molecule has 0 amide bonds. The summed E-state index contributed by atoms with van der Waals surface area (Å²) in [5.74, 6) is -0.802. The van der Waals surface area contributed by atoms with E-state index in [1.165, 1.54) is 25.3 Å². The Morgan fingerprint density at radius 2 is 2.09 bits per heavy atom. The maximum atomic E-state index is 13.0. The van der Waals surface area contributed by atoms with Gasteiger partial charge < -0.3 is 15.6 Å². The second kappa shape index (κ2) is 6.15. The molecule has 0 bridgehead atoms. The molecule has 1 aromatic rings. The number of carboxylic acid groups (broad SMARTS) is 1. The Balaban J connectivity index is 2.10. The number of carboxylic acids is 1. The lowest BCUT2D eigenvalue weighted by molar-refractivity contribution is -0.166. The van der Waals surface area contributed by atoms with Gasteiger partial charge in [-0.15, -0.1) is 10.2 Å². The number of rotatable bonds is 7. The molecule has 23 heavy (non-hydrogen) atoms. The second-order valence-corrected chi connectivity index (χ2v) is 5.23. The fraction of sp³-hybridized carbons (Fsp3) is 0.500. The number of hydrogen-bond donors (Lipinski definition) is 2. The zero-order chi connectivity index (χ0) is 17.3. The van der Waals surface area contributed by atoms with Crippen molar-refractivity contribution in [2.75, 3.05) is 7.11 Å². The van der Waals surface area contributed by atoms with Crippen LogP contribution in [-0.2, 0) is 16.9 Å². The average Bonchev–Trinajstić information content (AvgIpc) is 3.28. The van der Waals surface area contributed by atoms with E-state index < -0.39 is 23.9 Å². The van der Waals surface area contributed by atoms with E-state index in [4.69, 9.17) is 15.6 Å². The standard InChI is InChI=1S/C14H16F3N3O3/c1-23-11-7-9(13(19-20-13)14(15,16)17)6-5-8(11)3-2-4-10(18)12(21)22/h5-7,10H,2-4,18H2,1H3,(H,21,22)/t10-/m0/s1. The molecule has 0 saturated heterocycles. The van der Waals surface area contributed by atoms with Gasteiger partial charge in [-0.25, -0.2) is 0 Å². The van der Waals surface area contributed by atoms with E-state index in [0.717, 1.165) is 0 Å². The molecular weight excluding hydrogens is 315 g/mol. The van der Waals surface area contributed by atoms with Crippen molar-refractivity contribution in [3.05, 3.63) is 29.3 Å². The Bertz CT molecular complexity index is 625. The molecule has 0 spiro atoms. The summed E-state index contributed by atoms with van der Waals surface area (Å²) in [6.07, 6.45) is -3.41. The van der Waals surface area contributed by atoms with Crippen molar-refractivity contribution in [3.8, 4) is 5.75 Å². The number of hydrogen-bond acceptors (Lipinski definition) is 5. The zero-order valence-corrected chi connectivity index (χ0v) is 12.3. The van der Waals surface area contributed by atoms with E-state index in [2.05, 4.69) is 10.2 Å². The molecule has 0 aromatic heterocycles. The summed E-state index contributed by atoms with van der Waals surface area (Å²) >= 11 is 0. The Hall–Kier alpha value is -2.16. The summed E-state index contributed by atoms with van der Waals surface area (Å²) < 4.78 is 44.1. The molecule has 9 heteroatoms. The topological polar surface area (TPSA) is 97.3 Å². The van der Waals surface area contributed by atoms with Gasteiger partial charge >= 0.3 is 17.8 Å². The molecule has 0 fully saturated rings. The number of alkyl halides is 3. The number of methoxy groups -OCH3 is 1. The summed E-state index contributed by atoms with van der Waals surface area (Å²) in [7, 11) is 1.35. The predicted octanol–water partition coefficient (Wildman–Crippen LogP) is 2.61. The molecule has 0 unspecified atom stereocenters. The molecule has 6 nitrogen and oxygen atoms in total. The van der Waals surface area contributed by atoms with Gasteiger partial charge in [0, 0.05) is 5.56 Å². The van der Waals surface area contributed by atoms with Crippen LogP contribution in [-0.4, -0.2) is 30.4 Å². The monoisotopic (exact) mass is 331 g/mol. The maximum Gasteiger partial charge on any atom is 0.442 e. The van der Waals surface area contributed by atoms with Crippen molar-refractivity contribution >= 4 is 5.97 Å². The molecular formula is C14H16F3N3O3. The number of nitrogens with two attached hydrogens (primary N) is 1. The Labute approximate surface area is 130 Å². The van der Waals surface area contributed by atoms with Crippen molar-refractivity contribution in [1.29, 1.82) is 0 Å². The highest BCUT2D eigenvalue weighted by molar-refractivity contribution is 5.72. The molecule has 1 heterocycles. The van der Waals surface area contributed by atoms with Gasteiger partial charge in [0.05, 0.1) is 7.11 Å². The largest absolute Gasteiger partial charge is 0.496 e. The minimum atomic E-state index is -4.59. The van der Waals surface area contributed by atoms with Gasteiger partial charge in [-0.05, 0) is 30.9 Å². The third-order valence-electron chi connectivity index (χ3n) is 3.66. The lowest BCUT2D eigenvalue weighted by Gasteiger charge is -2.17. The number of halogens is 3. The minimum Gasteiger partial charge on any atom is -0.496 e. The lowest BCUT2D eigenvalue weighted by Crippen LogP contribution is -2.30. The first-order valence-electron chi connectivity index (χ1n) is 6.88. The van der Waals surface area contributed by atoms with Crippen LogP contribution in [0, 0.1) is 0 Å². The SMILES string of the molecule is COc1cc(C2(C(F)(F)F)N=N2)ccc1CCC[C@H](N)C(=O)O. The lowest BCUT2D eigenvalue weighted by atomic mass is 9.97. The van der Waals surface area contributed by atoms with Gasteiger partial charge in [-0.2, -0.15) is 13.2 Å². The van der Waals surface area contributed by atoms with Gasteiger partial charge in [0.25, 0.3) is 0 Å². The van der Waals surface area contributed by atoms with Crippen LogP contribution in [0.25, 0.3) is 0 Å². The summed E-state index contributed by atoms with van der Waals surface area (Å²) in [5, 5.41) is 15.0. The van der Waals surface area contributed by atoms with Crippen LogP contribution in [0.1, 0.15) is 24.0 Å². The molecule has 1 atom stereocenters. The van der Waals surface area contributed by atoms with Gasteiger partial charge in [0.2, 0.25) is 0 Å². The summed E-state index contributed by atoms with van der Waals surface area (Å²) in [5.41, 5.74) is 3.50. The summed E-state index contributed by atoms with van der Waals surface area (Å²) in [6.45, 7) is 0. The number of aryl methyl sites for hydroxylation is 1. The van der Waals surface area contributed by atoms with Gasteiger partial charge in [-0.3, -0.25) is 4.79 Å². The van der Waals surface area contributed by atoms with Crippen LogP contribution in [0.3, 0.4) is 0 Å². The fourth-order valence-electron chi connectivity index (χ4n) is 2.25. The van der Waals surface area contributed by atoms with E-state index in [1.807, 2.05) is 0 Å². The smallest absolute Gasteiger partial charge is 0.442 e. The highest BCUT2D eigenvalue weighted by Crippen LogP contribution is 2.53. The average molecular weight is 331 g/mol. The van der Waals surface area contributed by atoms with Crippen molar-refractivity contribution in [3.63, 3.8) is 0 Å². The van der Waals surface area contributed by atoms with E-state index in [0.29, 0.717) is 18.4 Å². The van der Waals surface area contributed by atoms with Gasteiger partial charge in [0.15, 0.2) is 0 Å². The minimum absolute atomic E-state index is 0.104. The zero-order valence-electron chi connectivity index (χ0n) is 12.3. The molecule has 2 rings (SSSR count). The van der Waals surface area contributed by atoms with E-state index in [9.17, 15) is 18.0 Å². The van der Waals surface area contributed by atoms with Crippen LogP contribution in [0.2, 0.25) is 0 Å². The Kier molecular flexibility index (Phi) is 4.60. The van der Waals surface area contributed by atoms with E-state index >= 15 is 0 Å². The molecule has 1 aromatic carbocycles. The molecule has 126 valence electrons. The van der Waals surface area contributed by atoms with Crippen LogP contribution in [0.4, 0.5) is 13.2 Å². The number of nitrogens with zero attached hydrogens (tertiary/aromatic N) is 2. The molecule has 0 radical (unpaired) electrons. The first-order valence-corrected chi connectivity index (χ1v) is 6.88. The number of benzene rings is 1. The van der Waals surface area contributed by atoms with Crippen molar-refractivity contribution in [2.45, 2.75) is 37.1 Å². The molecule has 1 aliphatic rings. The summed E-state index contributed by atoms with van der Waals surface area (Å²) in [6, 6.07) is 3.12. The van der Waals surface area contributed by atoms with E-state index in [1.54, 1.807) is 0 Å². The quantitative estimate of drug-likeness (QED) is 0.802. The second-order valence-electron chi connectivity index (χ2n) is 5.23. The van der Waals surface area contributed by atoms with Crippen molar-refractivity contribution in [1.82, 2.24) is 0 Å². The molecule has 0 aliphatic carbocycles. The molecule has 0 saturated carbocycles. The number of carbonyl (C=O) groups is 1. The van der Waals surface area contributed by atoms with Crippen LogP contribution in [0.5, 0.6) is 5.75 Å². The predicted molar refractivity (Wildman–Crippen MR) is 74.1 cm³/mol. The molecule has 3 N–H and O–H groups in total. The van der Waals surface area contributed by atoms with Crippen LogP contribution < -0.4 is 10.5 Å². The third-order valence-corrected chi connectivity index (χ3v) is 3.66. The third kappa shape index (κ3) is 3.44. The van der Waals surface area contributed by atoms with Crippen LogP contribution >= 0.6 is 0 Å². The van der Waals surface area contributed by atoms with Crippen molar-refractivity contribution < 1.29 is 27.8 Å². The molecule has 1 aliphatic heterocycles. The fourth-order valence-corrected chi connectivity index (χ4v) is 2.25. The Morgan fingerprint density at radius 1 is 1.43 bits per heavy atom. The Morgan fingerprint density at radius 3 is 2.57 bits per heavy atom. The first-order chi connectivity index (χ1) is 10.7.